The summed E-state index contributed by atoms with van der Waals surface area (Å²) in [5.41, 5.74) is 3.14. The molecule has 3 nitrogen and oxygen atoms in total. The van der Waals surface area contributed by atoms with Crippen molar-refractivity contribution >= 4 is 5.69 Å². The first-order chi connectivity index (χ1) is 9.80. The number of nitrogens with zero attached hydrogens (tertiary/aromatic N) is 2. The summed E-state index contributed by atoms with van der Waals surface area (Å²) in [4.78, 5) is 2.42. The second-order valence-corrected chi connectivity index (χ2v) is 5.56. The number of nitrogens with one attached hydrogen (secondary N) is 1. The highest BCUT2D eigenvalue weighted by Crippen LogP contribution is 2.33. The third kappa shape index (κ3) is 3.74. The summed E-state index contributed by atoms with van der Waals surface area (Å²) in [7, 11) is 0. The lowest BCUT2D eigenvalue weighted by Gasteiger charge is -2.25. The molecular formula is C17H25N3. The topological polar surface area (TPSA) is 39.1 Å². The van der Waals surface area contributed by atoms with E-state index < -0.39 is 0 Å². The molecule has 1 N–H and O–H groups in total. The molecule has 0 radical (unpaired) electrons. The molecule has 0 bridgehead atoms. The second kappa shape index (κ2) is 7.31. The highest BCUT2D eigenvalue weighted by atomic mass is 15.2. The molecule has 0 heterocycles. The minimum absolute atomic E-state index is 0.658. The Morgan fingerprint density at radius 1 is 1.30 bits per heavy atom. The summed E-state index contributed by atoms with van der Waals surface area (Å²) in [6.07, 6.45) is 4.80. The summed E-state index contributed by atoms with van der Waals surface area (Å²) in [6.45, 7) is 7.28. The standard InChI is InChI=1S/C17H25N3/c1-3-9-19-13-14-5-8-17(15(11-14)12-18)20(10-4-2)16-6-7-16/h5,8,11,16,19H,3-4,6-7,9-10,13H2,1-2H3. The number of nitriles is 1. The zero-order chi connectivity index (χ0) is 14.4. The fraction of sp³-hybridized carbons (Fsp3) is 0.588. The van der Waals surface area contributed by atoms with Crippen LogP contribution < -0.4 is 10.2 Å². The van der Waals surface area contributed by atoms with Crippen molar-refractivity contribution in [3.63, 3.8) is 0 Å². The Balaban J connectivity index is 2.14. The van der Waals surface area contributed by atoms with Crippen LogP contribution in [-0.4, -0.2) is 19.1 Å². The van der Waals surface area contributed by atoms with E-state index in [2.05, 4.69) is 42.3 Å². The Bertz CT molecular complexity index is 472. The van der Waals surface area contributed by atoms with Crippen molar-refractivity contribution in [2.45, 2.75) is 52.1 Å². The third-order valence-electron chi connectivity index (χ3n) is 3.70. The maximum absolute atomic E-state index is 9.44. The fourth-order valence-corrected chi connectivity index (χ4v) is 2.57. The van der Waals surface area contributed by atoms with Crippen LogP contribution in [0.4, 0.5) is 5.69 Å². The first-order valence-electron chi connectivity index (χ1n) is 7.80. The van der Waals surface area contributed by atoms with Crippen LogP contribution in [0, 0.1) is 11.3 Å². The molecule has 0 saturated heterocycles. The molecule has 1 aliphatic carbocycles. The van der Waals surface area contributed by atoms with Crippen LogP contribution in [0.5, 0.6) is 0 Å². The van der Waals surface area contributed by atoms with E-state index >= 15 is 0 Å². The smallest absolute Gasteiger partial charge is 0.101 e. The molecular weight excluding hydrogens is 246 g/mol. The van der Waals surface area contributed by atoms with Gasteiger partial charge in [0.2, 0.25) is 0 Å². The Morgan fingerprint density at radius 2 is 2.10 bits per heavy atom. The molecule has 0 spiro atoms. The van der Waals surface area contributed by atoms with E-state index in [0.717, 1.165) is 43.7 Å². The fourth-order valence-electron chi connectivity index (χ4n) is 2.57. The average molecular weight is 271 g/mol. The Morgan fingerprint density at radius 3 is 2.70 bits per heavy atom. The van der Waals surface area contributed by atoms with Crippen LogP contribution in [0.15, 0.2) is 18.2 Å². The van der Waals surface area contributed by atoms with Gasteiger partial charge in [-0.05, 0) is 49.9 Å². The van der Waals surface area contributed by atoms with Gasteiger partial charge in [-0.2, -0.15) is 5.26 Å². The SMILES string of the molecule is CCCNCc1ccc(N(CCC)C2CC2)c(C#N)c1. The van der Waals surface area contributed by atoms with Crippen LogP contribution in [0.2, 0.25) is 0 Å². The predicted octanol–water partition coefficient (Wildman–Crippen LogP) is 3.44. The van der Waals surface area contributed by atoms with E-state index in [4.69, 9.17) is 0 Å². The lowest BCUT2D eigenvalue weighted by atomic mass is 10.1. The zero-order valence-electron chi connectivity index (χ0n) is 12.7. The van der Waals surface area contributed by atoms with E-state index in [1.807, 2.05) is 6.07 Å². The Labute approximate surface area is 122 Å². The molecule has 0 aliphatic heterocycles. The van der Waals surface area contributed by atoms with E-state index in [-0.39, 0.29) is 0 Å². The van der Waals surface area contributed by atoms with Gasteiger partial charge in [0.15, 0.2) is 0 Å². The highest BCUT2D eigenvalue weighted by molar-refractivity contribution is 5.61. The quantitative estimate of drug-likeness (QED) is 0.736. The van der Waals surface area contributed by atoms with Gasteiger partial charge in [0, 0.05) is 19.1 Å². The first-order valence-corrected chi connectivity index (χ1v) is 7.80. The van der Waals surface area contributed by atoms with Crippen LogP contribution in [-0.2, 0) is 6.54 Å². The molecule has 0 aromatic heterocycles. The Hall–Kier alpha value is -1.53. The lowest BCUT2D eigenvalue weighted by Crippen LogP contribution is -2.27. The molecule has 1 aliphatic rings. The van der Waals surface area contributed by atoms with Gasteiger partial charge >= 0.3 is 0 Å². The number of hydrogen-bond donors (Lipinski definition) is 1. The molecule has 0 unspecified atom stereocenters. The molecule has 108 valence electrons. The largest absolute Gasteiger partial charge is 0.367 e. The number of hydrogen-bond acceptors (Lipinski definition) is 3. The van der Waals surface area contributed by atoms with Gasteiger partial charge in [0.05, 0.1) is 11.3 Å². The lowest BCUT2D eigenvalue weighted by molar-refractivity contribution is 0.675. The highest BCUT2D eigenvalue weighted by Gasteiger charge is 2.29. The minimum Gasteiger partial charge on any atom is -0.367 e. The molecule has 1 aromatic rings. The number of anilines is 1. The summed E-state index contributed by atoms with van der Waals surface area (Å²) in [6, 6.07) is 9.37. The molecule has 1 saturated carbocycles. The van der Waals surface area contributed by atoms with Crippen molar-refractivity contribution in [1.29, 1.82) is 5.26 Å². The van der Waals surface area contributed by atoms with Gasteiger partial charge in [-0.25, -0.2) is 0 Å². The van der Waals surface area contributed by atoms with E-state index in [9.17, 15) is 5.26 Å². The van der Waals surface area contributed by atoms with Gasteiger partial charge in [-0.15, -0.1) is 0 Å². The van der Waals surface area contributed by atoms with Crippen molar-refractivity contribution in [2.75, 3.05) is 18.0 Å². The van der Waals surface area contributed by atoms with Crippen molar-refractivity contribution in [1.82, 2.24) is 5.32 Å². The maximum Gasteiger partial charge on any atom is 0.101 e. The Kier molecular flexibility index (Phi) is 5.43. The molecule has 1 fully saturated rings. The number of benzene rings is 1. The van der Waals surface area contributed by atoms with Gasteiger partial charge in [0.1, 0.15) is 6.07 Å². The third-order valence-corrected chi connectivity index (χ3v) is 3.70. The van der Waals surface area contributed by atoms with Crippen LogP contribution in [0.25, 0.3) is 0 Å². The van der Waals surface area contributed by atoms with Gasteiger partial charge in [-0.1, -0.05) is 19.9 Å². The van der Waals surface area contributed by atoms with Gasteiger partial charge < -0.3 is 10.2 Å². The normalized spacial score (nSPS) is 14.1. The van der Waals surface area contributed by atoms with Crippen molar-refractivity contribution in [3.05, 3.63) is 29.3 Å². The molecule has 3 heteroatoms. The molecule has 1 aromatic carbocycles. The van der Waals surface area contributed by atoms with Crippen molar-refractivity contribution in [2.24, 2.45) is 0 Å². The van der Waals surface area contributed by atoms with E-state index in [1.165, 1.54) is 18.4 Å². The minimum atomic E-state index is 0.658. The summed E-state index contributed by atoms with van der Waals surface area (Å²) < 4.78 is 0. The summed E-state index contributed by atoms with van der Waals surface area (Å²) in [5, 5.41) is 12.8. The first kappa shape index (κ1) is 14.9. The zero-order valence-corrected chi connectivity index (χ0v) is 12.7. The monoisotopic (exact) mass is 271 g/mol. The van der Waals surface area contributed by atoms with E-state index in [0.29, 0.717) is 6.04 Å². The molecule has 0 atom stereocenters. The number of rotatable bonds is 8. The second-order valence-electron chi connectivity index (χ2n) is 5.56. The van der Waals surface area contributed by atoms with Crippen LogP contribution in [0.1, 0.15) is 50.7 Å². The van der Waals surface area contributed by atoms with Crippen LogP contribution in [0.3, 0.4) is 0 Å². The summed E-state index contributed by atoms with van der Waals surface area (Å²) >= 11 is 0. The molecule has 2 rings (SSSR count). The average Bonchev–Trinajstić information content (AvgIpc) is 3.30. The van der Waals surface area contributed by atoms with Crippen molar-refractivity contribution < 1.29 is 0 Å². The molecule has 20 heavy (non-hydrogen) atoms. The summed E-state index contributed by atoms with van der Waals surface area (Å²) in [5.74, 6) is 0. The van der Waals surface area contributed by atoms with Gasteiger partial charge in [0.25, 0.3) is 0 Å². The predicted molar refractivity (Wildman–Crippen MR) is 83.8 cm³/mol. The van der Waals surface area contributed by atoms with Gasteiger partial charge in [-0.3, -0.25) is 0 Å². The van der Waals surface area contributed by atoms with Crippen molar-refractivity contribution in [3.8, 4) is 6.07 Å². The maximum atomic E-state index is 9.44. The van der Waals surface area contributed by atoms with E-state index in [1.54, 1.807) is 0 Å². The van der Waals surface area contributed by atoms with Crippen LogP contribution >= 0.6 is 0 Å². The molecule has 0 amide bonds.